The van der Waals surface area contributed by atoms with Crippen LogP contribution >= 0.6 is 0 Å². The number of aromatic nitrogens is 3. The smallest absolute Gasteiger partial charge is 0.245 e. The standard InChI is InChI=1S/C15H20N4O/c1-12(18-7-3-4-8-18)15(20)19(14-5-6-14)11-13-9-16-17(2)10-13/h3-4,7-10,12,14H,5-6,11H2,1-2H3. The zero-order valence-electron chi connectivity index (χ0n) is 11.9. The molecular formula is C15H20N4O. The van der Waals surface area contributed by atoms with Crippen molar-refractivity contribution in [1.82, 2.24) is 19.2 Å². The second kappa shape index (κ2) is 5.15. The summed E-state index contributed by atoms with van der Waals surface area (Å²) in [5.74, 6) is 0.188. The van der Waals surface area contributed by atoms with Gasteiger partial charge in [-0.25, -0.2) is 0 Å². The average molecular weight is 272 g/mol. The zero-order valence-corrected chi connectivity index (χ0v) is 11.9. The molecule has 1 fully saturated rings. The van der Waals surface area contributed by atoms with Gasteiger partial charge in [0, 0.05) is 43.8 Å². The molecule has 1 atom stereocenters. The lowest BCUT2D eigenvalue weighted by atomic mass is 10.2. The number of hydrogen-bond acceptors (Lipinski definition) is 2. The molecule has 0 bridgehead atoms. The van der Waals surface area contributed by atoms with Gasteiger partial charge in [-0.2, -0.15) is 5.10 Å². The molecule has 0 N–H and O–H groups in total. The van der Waals surface area contributed by atoms with Gasteiger partial charge in [0.1, 0.15) is 6.04 Å². The quantitative estimate of drug-likeness (QED) is 0.835. The van der Waals surface area contributed by atoms with Gasteiger partial charge in [0.2, 0.25) is 5.91 Å². The topological polar surface area (TPSA) is 43.1 Å². The van der Waals surface area contributed by atoms with E-state index < -0.39 is 0 Å². The average Bonchev–Trinajstić information content (AvgIpc) is 2.97. The molecule has 0 radical (unpaired) electrons. The van der Waals surface area contributed by atoms with Crippen molar-refractivity contribution in [2.24, 2.45) is 7.05 Å². The van der Waals surface area contributed by atoms with E-state index in [4.69, 9.17) is 0 Å². The fourth-order valence-corrected chi connectivity index (χ4v) is 2.50. The van der Waals surface area contributed by atoms with Crippen LogP contribution in [-0.2, 0) is 18.4 Å². The molecule has 106 valence electrons. The van der Waals surface area contributed by atoms with Crippen molar-refractivity contribution in [3.63, 3.8) is 0 Å². The van der Waals surface area contributed by atoms with Crippen molar-refractivity contribution in [3.05, 3.63) is 42.5 Å². The summed E-state index contributed by atoms with van der Waals surface area (Å²) in [6, 6.07) is 4.15. The number of amides is 1. The van der Waals surface area contributed by atoms with E-state index >= 15 is 0 Å². The monoisotopic (exact) mass is 272 g/mol. The Morgan fingerprint density at radius 1 is 1.45 bits per heavy atom. The summed E-state index contributed by atoms with van der Waals surface area (Å²) < 4.78 is 3.74. The fraction of sp³-hybridized carbons (Fsp3) is 0.467. The molecule has 1 saturated carbocycles. The number of carbonyl (C=O) groups is 1. The van der Waals surface area contributed by atoms with E-state index in [9.17, 15) is 4.79 Å². The molecule has 1 aliphatic rings. The molecule has 2 heterocycles. The van der Waals surface area contributed by atoms with Crippen molar-refractivity contribution in [2.45, 2.75) is 38.4 Å². The number of nitrogens with zero attached hydrogens (tertiary/aromatic N) is 4. The van der Waals surface area contributed by atoms with Crippen LogP contribution in [0.4, 0.5) is 0 Å². The Labute approximate surface area is 118 Å². The van der Waals surface area contributed by atoms with Gasteiger partial charge in [-0.3, -0.25) is 9.48 Å². The van der Waals surface area contributed by atoms with Crippen LogP contribution in [-0.4, -0.2) is 31.2 Å². The van der Waals surface area contributed by atoms with Gasteiger partial charge in [-0.1, -0.05) is 0 Å². The van der Waals surface area contributed by atoms with Crippen LogP contribution in [0.15, 0.2) is 36.9 Å². The van der Waals surface area contributed by atoms with E-state index in [0.717, 1.165) is 18.4 Å². The summed E-state index contributed by atoms with van der Waals surface area (Å²) in [5, 5.41) is 4.18. The molecule has 5 nitrogen and oxygen atoms in total. The molecule has 2 aromatic rings. The second-order valence-corrected chi connectivity index (χ2v) is 5.53. The van der Waals surface area contributed by atoms with Crippen LogP contribution < -0.4 is 0 Å². The summed E-state index contributed by atoms with van der Waals surface area (Å²) in [5.41, 5.74) is 1.09. The Kier molecular flexibility index (Phi) is 3.34. The summed E-state index contributed by atoms with van der Waals surface area (Å²) in [6.45, 7) is 2.61. The lowest BCUT2D eigenvalue weighted by Crippen LogP contribution is -2.37. The fourth-order valence-electron chi connectivity index (χ4n) is 2.50. The molecule has 20 heavy (non-hydrogen) atoms. The van der Waals surface area contributed by atoms with Crippen LogP contribution in [0.25, 0.3) is 0 Å². The van der Waals surface area contributed by atoms with E-state index in [-0.39, 0.29) is 11.9 Å². The van der Waals surface area contributed by atoms with Crippen molar-refractivity contribution in [3.8, 4) is 0 Å². The van der Waals surface area contributed by atoms with Crippen molar-refractivity contribution < 1.29 is 4.79 Å². The first-order chi connectivity index (χ1) is 9.65. The lowest BCUT2D eigenvalue weighted by Gasteiger charge is -2.26. The van der Waals surface area contributed by atoms with Crippen LogP contribution in [0.5, 0.6) is 0 Å². The van der Waals surface area contributed by atoms with Gasteiger partial charge in [0.05, 0.1) is 6.20 Å². The molecule has 1 amide bonds. The highest BCUT2D eigenvalue weighted by Gasteiger charge is 2.35. The maximum Gasteiger partial charge on any atom is 0.245 e. The molecule has 0 aromatic carbocycles. The largest absolute Gasteiger partial charge is 0.342 e. The number of rotatable bonds is 5. The second-order valence-electron chi connectivity index (χ2n) is 5.53. The Balaban J connectivity index is 1.75. The van der Waals surface area contributed by atoms with E-state index in [0.29, 0.717) is 12.6 Å². The van der Waals surface area contributed by atoms with Gasteiger partial charge >= 0.3 is 0 Å². The van der Waals surface area contributed by atoms with Gasteiger partial charge in [0.25, 0.3) is 0 Å². The maximum atomic E-state index is 12.7. The van der Waals surface area contributed by atoms with E-state index in [1.54, 1.807) is 4.68 Å². The molecule has 0 saturated heterocycles. The van der Waals surface area contributed by atoms with Crippen molar-refractivity contribution >= 4 is 5.91 Å². The third-order valence-corrected chi connectivity index (χ3v) is 3.81. The normalized spacial score (nSPS) is 16.1. The molecular weight excluding hydrogens is 252 g/mol. The van der Waals surface area contributed by atoms with Gasteiger partial charge in [-0.05, 0) is 31.9 Å². The zero-order chi connectivity index (χ0) is 14.1. The van der Waals surface area contributed by atoms with Gasteiger partial charge in [0.15, 0.2) is 0 Å². The predicted molar refractivity (Wildman–Crippen MR) is 75.9 cm³/mol. The minimum Gasteiger partial charge on any atom is -0.342 e. The highest BCUT2D eigenvalue weighted by molar-refractivity contribution is 5.80. The summed E-state index contributed by atoms with van der Waals surface area (Å²) >= 11 is 0. The molecule has 1 unspecified atom stereocenters. The minimum absolute atomic E-state index is 0.151. The van der Waals surface area contributed by atoms with E-state index in [2.05, 4.69) is 5.10 Å². The SMILES string of the molecule is CC(C(=O)N(Cc1cnn(C)c1)C1CC1)n1cccc1. The Bertz CT molecular complexity index is 583. The first-order valence-electron chi connectivity index (χ1n) is 7.05. The lowest BCUT2D eigenvalue weighted by molar-refractivity contribution is -0.135. The third-order valence-electron chi connectivity index (χ3n) is 3.81. The van der Waals surface area contributed by atoms with Crippen LogP contribution in [0.1, 0.15) is 31.4 Å². The Morgan fingerprint density at radius 2 is 2.15 bits per heavy atom. The number of hydrogen-bond donors (Lipinski definition) is 0. The first-order valence-corrected chi connectivity index (χ1v) is 7.05. The van der Waals surface area contributed by atoms with Crippen LogP contribution in [0.3, 0.4) is 0 Å². The molecule has 3 rings (SSSR count). The molecule has 1 aliphatic carbocycles. The highest BCUT2D eigenvalue weighted by atomic mass is 16.2. The minimum atomic E-state index is -0.151. The molecule has 0 aliphatic heterocycles. The summed E-state index contributed by atoms with van der Waals surface area (Å²) in [7, 11) is 1.90. The number of carbonyl (C=O) groups excluding carboxylic acids is 1. The Hall–Kier alpha value is -2.04. The van der Waals surface area contributed by atoms with Crippen LogP contribution in [0.2, 0.25) is 0 Å². The Morgan fingerprint density at radius 3 is 2.70 bits per heavy atom. The molecule has 0 spiro atoms. The van der Waals surface area contributed by atoms with Crippen molar-refractivity contribution in [2.75, 3.05) is 0 Å². The third kappa shape index (κ3) is 2.61. The summed E-state index contributed by atoms with van der Waals surface area (Å²) in [6.07, 6.45) is 9.93. The first kappa shape index (κ1) is 13.0. The van der Waals surface area contributed by atoms with E-state index in [1.807, 2.05) is 60.4 Å². The summed E-state index contributed by atoms with van der Waals surface area (Å²) in [4.78, 5) is 14.7. The predicted octanol–water partition coefficient (Wildman–Crippen LogP) is 1.97. The highest BCUT2D eigenvalue weighted by Crippen LogP contribution is 2.30. The van der Waals surface area contributed by atoms with Crippen LogP contribution in [0, 0.1) is 0 Å². The van der Waals surface area contributed by atoms with E-state index in [1.165, 1.54) is 0 Å². The van der Waals surface area contributed by atoms with Crippen molar-refractivity contribution in [1.29, 1.82) is 0 Å². The molecule has 5 heteroatoms. The maximum absolute atomic E-state index is 12.7. The number of aryl methyl sites for hydroxylation is 1. The molecule has 2 aromatic heterocycles. The van der Waals surface area contributed by atoms with Gasteiger partial charge in [-0.15, -0.1) is 0 Å². The van der Waals surface area contributed by atoms with Gasteiger partial charge < -0.3 is 9.47 Å².